The second kappa shape index (κ2) is 5.34. The van der Waals surface area contributed by atoms with E-state index < -0.39 is 6.04 Å². The van der Waals surface area contributed by atoms with Crippen molar-refractivity contribution in [2.75, 3.05) is 0 Å². The largest absolute Gasteiger partial charge is 0.409 e. The fourth-order valence-corrected chi connectivity index (χ4v) is 1.72. The molecule has 1 unspecified atom stereocenters. The third kappa shape index (κ3) is 2.62. The first-order valence-corrected chi connectivity index (χ1v) is 5.75. The predicted octanol–water partition coefficient (Wildman–Crippen LogP) is 1.10. The Labute approximate surface area is 109 Å². The molecule has 0 aliphatic carbocycles. The lowest BCUT2D eigenvalue weighted by Gasteiger charge is -2.12. The molecule has 6 heteroatoms. The number of benzene rings is 1. The number of nitrogens with one attached hydrogen (secondary N) is 1. The SMILES string of the molecule is CC(NC(=O)c1cccc2cccnc12)C(N)=NO. The molecule has 0 saturated heterocycles. The molecule has 4 N–H and O–H groups in total. The molecule has 98 valence electrons. The van der Waals surface area contributed by atoms with Crippen LogP contribution in [-0.2, 0) is 0 Å². The summed E-state index contributed by atoms with van der Waals surface area (Å²) >= 11 is 0. The van der Waals surface area contributed by atoms with Crippen molar-refractivity contribution in [1.29, 1.82) is 0 Å². The van der Waals surface area contributed by atoms with E-state index in [2.05, 4.69) is 15.5 Å². The summed E-state index contributed by atoms with van der Waals surface area (Å²) in [6.45, 7) is 1.63. The lowest BCUT2D eigenvalue weighted by Crippen LogP contribution is -2.42. The molecule has 0 fully saturated rings. The number of carbonyl (C=O) groups excluding carboxylic acids is 1. The molecule has 1 aromatic heterocycles. The van der Waals surface area contributed by atoms with E-state index in [4.69, 9.17) is 10.9 Å². The highest BCUT2D eigenvalue weighted by atomic mass is 16.4. The van der Waals surface area contributed by atoms with Crippen LogP contribution in [0.2, 0.25) is 0 Å². The van der Waals surface area contributed by atoms with Crippen molar-refractivity contribution < 1.29 is 10.0 Å². The Balaban J connectivity index is 2.32. The smallest absolute Gasteiger partial charge is 0.254 e. The second-order valence-corrected chi connectivity index (χ2v) is 4.10. The maximum atomic E-state index is 12.1. The topological polar surface area (TPSA) is 101 Å². The van der Waals surface area contributed by atoms with E-state index in [0.29, 0.717) is 11.1 Å². The standard InChI is InChI=1S/C13H14N4O2/c1-8(12(14)17-19)16-13(18)10-6-2-4-9-5-3-7-15-11(9)10/h2-8,19H,1H3,(H2,14,17)(H,16,18). The number of para-hydroxylation sites is 1. The van der Waals surface area contributed by atoms with Gasteiger partial charge in [0.2, 0.25) is 0 Å². The summed E-state index contributed by atoms with van der Waals surface area (Å²) in [5.74, 6) is -0.370. The van der Waals surface area contributed by atoms with Gasteiger partial charge >= 0.3 is 0 Å². The van der Waals surface area contributed by atoms with E-state index in [1.165, 1.54) is 0 Å². The van der Waals surface area contributed by atoms with Gasteiger partial charge in [-0.3, -0.25) is 9.78 Å². The van der Waals surface area contributed by atoms with Gasteiger partial charge in [-0.25, -0.2) is 0 Å². The number of aromatic nitrogens is 1. The van der Waals surface area contributed by atoms with Crippen LogP contribution in [-0.4, -0.2) is 28.0 Å². The van der Waals surface area contributed by atoms with Crippen molar-refractivity contribution in [1.82, 2.24) is 10.3 Å². The van der Waals surface area contributed by atoms with Crippen molar-refractivity contribution in [2.24, 2.45) is 10.9 Å². The Bertz CT molecular complexity index is 634. The van der Waals surface area contributed by atoms with Gasteiger partial charge in [0.05, 0.1) is 17.1 Å². The lowest BCUT2D eigenvalue weighted by molar-refractivity contribution is 0.0950. The second-order valence-electron chi connectivity index (χ2n) is 4.10. The van der Waals surface area contributed by atoms with Crippen molar-refractivity contribution in [3.05, 3.63) is 42.1 Å². The van der Waals surface area contributed by atoms with Gasteiger partial charge in [0.25, 0.3) is 5.91 Å². The van der Waals surface area contributed by atoms with Crippen LogP contribution in [0.5, 0.6) is 0 Å². The van der Waals surface area contributed by atoms with Gasteiger partial charge in [0.15, 0.2) is 5.84 Å². The maximum Gasteiger partial charge on any atom is 0.254 e. The highest BCUT2D eigenvalue weighted by Gasteiger charge is 2.15. The van der Waals surface area contributed by atoms with Crippen LogP contribution in [0.25, 0.3) is 10.9 Å². The Kier molecular flexibility index (Phi) is 3.61. The van der Waals surface area contributed by atoms with Gasteiger partial charge < -0.3 is 16.3 Å². The molecule has 0 aliphatic rings. The van der Waals surface area contributed by atoms with Crippen molar-refractivity contribution in [3.63, 3.8) is 0 Å². The van der Waals surface area contributed by atoms with E-state index in [-0.39, 0.29) is 11.7 Å². The fourth-order valence-electron chi connectivity index (χ4n) is 1.72. The zero-order valence-electron chi connectivity index (χ0n) is 10.4. The fraction of sp³-hybridized carbons (Fsp3) is 0.154. The number of amidine groups is 1. The van der Waals surface area contributed by atoms with Gasteiger partial charge in [-0.15, -0.1) is 0 Å². The minimum atomic E-state index is -0.559. The van der Waals surface area contributed by atoms with Gasteiger partial charge in [-0.05, 0) is 19.1 Å². The first kappa shape index (κ1) is 12.8. The number of pyridine rings is 1. The van der Waals surface area contributed by atoms with Crippen molar-refractivity contribution in [2.45, 2.75) is 13.0 Å². The summed E-state index contributed by atoms with van der Waals surface area (Å²) in [6, 6.07) is 8.48. The summed E-state index contributed by atoms with van der Waals surface area (Å²) in [6.07, 6.45) is 1.63. The number of oxime groups is 1. The minimum Gasteiger partial charge on any atom is -0.409 e. The molecule has 2 aromatic rings. The monoisotopic (exact) mass is 258 g/mol. The van der Waals surface area contributed by atoms with Crippen LogP contribution < -0.4 is 11.1 Å². The normalized spacial score (nSPS) is 13.2. The van der Waals surface area contributed by atoms with E-state index in [9.17, 15) is 4.79 Å². The van der Waals surface area contributed by atoms with Crippen LogP contribution in [0.4, 0.5) is 0 Å². The minimum absolute atomic E-state index is 0.0541. The molecule has 0 aliphatic heterocycles. The summed E-state index contributed by atoms with van der Waals surface area (Å²) in [7, 11) is 0. The van der Waals surface area contributed by atoms with Gasteiger partial charge in [-0.1, -0.05) is 23.4 Å². The Morgan fingerprint density at radius 1 is 1.42 bits per heavy atom. The van der Waals surface area contributed by atoms with Crippen LogP contribution in [0.15, 0.2) is 41.7 Å². The summed E-state index contributed by atoms with van der Waals surface area (Å²) < 4.78 is 0. The van der Waals surface area contributed by atoms with Gasteiger partial charge in [0.1, 0.15) is 0 Å². The number of fused-ring (bicyclic) bond motifs is 1. The molecule has 0 spiro atoms. The molecule has 0 saturated carbocycles. The number of nitrogens with zero attached hydrogens (tertiary/aromatic N) is 2. The highest BCUT2D eigenvalue weighted by molar-refractivity contribution is 6.06. The third-order valence-electron chi connectivity index (χ3n) is 2.78. The van der Waals surface area contributed by atoms with Gasteiger partial charge in [0, 0.05) is 11.6 Å². The van der Waals surface area contributed by atoms with Crippen LogP contribution >= 0.6 is 0 Å². The third-order valence-corrected chi connectivity index (χ3v) is 2.78. The number of hydrogen-bond acceptors (Lipinski definition) is 4. The van der Waals surface area contributed by atoms with E-state index in [1.54, 1.807) is 25.3 Å². The van der Waals surface area contributed by atoms with Crippen molar-refractivity contribution >= 4 is 22.6 Å². The zero-order valence-corrected chi connectivity index (χ0v) is 10.4. The molecule has 1 aromatic carbocycles. The number of nitrogens with two attached hydrogens (primary N) is 1. The summed E-state index contributed by atoms with van der Waals surface area (Å²) in [5.41, 5.74) is 6.50. The molecule has 6 nitrogen and oxygen atoms in total. The molecule has 0 bridgehead atoms. The molecular weight excluding hydrogens is 244 g/mol. The Morgan fingerprint density at radius 3 is 2.89 bits per heavy atom. The molecular formula is C13H14N4O2. The predicted molar refractivity (Wildman–Crippen MR) is 72.1 cm³/mol. The average Bonchev–Trinajstić information content (AvgIpc) is 2.45. The van der Waals surface area contributed by atoms with Crippen molar-refractivity contribution in [3.8, 4) is 0 Å². The summed E-state index contributed by atoms with van der Waals surface area (Å²) in [4.78, 5) is 16.3. The Hall–Kier alpha value is -2.63. The molecule has 1 amide bonds. The first-order valence-electron chi connectivity index (χ1n) is 5.75. The number of hydrogen-bond donors (Lipinski definition) is 3. The molecule has 2 rings (SSSR count). The number of amides is 1. The first-order chi connectivity index (χ1) is 9.13. The highest BCUT2D eigenvalue weighted by Crippen LogP contribution is 2.15. The van der Waals surface area contributed by atoms with Crippen LogP contribution in [0, 0.1) is 0 Å². The number of carbonyl (C=O) groups is 1. The van der Waals surface area contributed by atoms with Crippen LogP contribution in [0.3, 0.4) is 0 Å². The number of rotatable bonds is 3. The van der Waals surface area contributed by atoms with E-state index >= 15 is 0 Å². The summed E-state index contributed by atoms with van der Waals surface area (Å²) in [5, 5.41) is 14.9. The maximum absolute atomic E-state index is 12.1. The van der Waals surface area contributed by atoms with Crippen LogP contribution in [0.1, 0.15) is 17.3 Å². The molecule has 1 atom stereocenters. The molecule has 19 heavy (non-hydrogen) atoms. The molecule has 0 radical (unpaired) electrons. The average molecular weight is 258 g/mol. The lowest BCUT2D eigenvalue weighted by atomic mass is 10.1. The van der Waals surface area contributed by atoms with Gasteiger partial charge in [-0.2, -0.15) is 0 Å². The molecule has 1 heterocycles. The van der Waals surface area contributed by atoms with E-state index in [0.717, 1.165) is 5.39 Å². The Morgan fingerprint density at radius 2 is 2.16 bits per heavy atom. The van der Waals surface area contributed by atoms with E-state index in [1.807, 2.05) is 18.2 Å². The zero-order chi connectivity index (χ0) is 13.8. The quantitative estimate of drug-likeness (QED) is 0.332.